The van der Waals surface area contributed by atoms with Crippen molar-refractivity contribution < 1.29 is 0 Å². The number of hydrogen-bond donors (Lipinski definition) is 0. The van der Waals surface area contributed by atoms with Gasteiger partial charge in [-0.3, -0.25) is 0 Å². The maximum atomic E-state index is 8.80. The number of fused-ring (bicyclic) bond motifs is 6. The van der Waals surface area contributed by atoms with E-state index >= 15 is 0 Å². The van der Waals surface area contributed by atoms with Crippen molar-refractivity contribution in [2.75, 3.05) is 0 Å². The van der Waals surface area contributed by atoms with Gasteiger partial charge < -0.3 is 9.13 Å². The molecule has 0 fully saturated rings. The fourth-order valence-electron chi connectivity index (χ4n) is 6.62. The van der Waals surface area contributed by atoms with Gasteiger partial charge in [0.15, 0.2) is 0 Å². The van der Waals surface area contributed by atoms with E-state index in [0.717, 1.165) is 105 Å². The van der Waals surface area contributed by atoms with Crippen molar-refractivity contribution in [2.24, 2.45) is 20.5 Å². The molecule has 2 aromatic heterocycles. The van der Waals surface area contributed by atoms with Crippen molar-refractivity contribution in [3.8, 4) is 0 Å². The Bertz CT molecular complexity index is 2020. The zero-order valence-electron chi connectivity index (χ0n) is 26.3. The third-order valence-corrected chi connectivity index (χ3v) is 8.77. The van der Waals surface area contributed by atoms with Crippen molar-refractivity contribution in [2.45, 2.75) is 65.0 Å². The summed E-state index contributed by atoms with van der Waals surface area (Å²) in [5.74, 6) is 0. The fourth-order valence-corrected chi connectivity index (χ4v) is 6.62. The summed E-state index contributed by atoms with van der Waals surface area (Å²) in [5, 5.41) is 19.3. The molecule has 0 saturated carbocycles. The van der Waals surface area contributed by atoms with E-state index < -0.39 is 0 Å². The Morgan fingerprint density at radius 3 is 0.917 bits per heavy atom. The van der Waals surface area contributed by atoms with Crippen molar-refractivity contribution in [1.82, 2.24) is 9.13 Å². The highest BCUT2D eigenvalue weighted by atomic mass is 15.1. The standard InChI is InChI=1S/C34H32N14/c35-43-39-19-23-5-9-31-27(15-23)28-16-24(20-40-44-36)6-10-32(28)47(31)13-3-1-2-4-14-48-33-11-7-25(21-41-45-37)17-29(33)30-18-26(22-42-46-38)8-12-34(30)48/h5-12,15-18H,1-4,13-14,19-22H2. The molecule has 0 aliphatic rings. The molecule has 2 heterocycles. The zero-order valence-corrected chi connectivity index (χ0v) is 26.3. The Balaban J connectivity index is 1.19. The molecule has 0 atom stereocenters. The van der Waals surface area contributed by atoms with Gasteiger partial charge >= 0.3 is 0 Å². The highest BCUT2D eigenvalue weighted by Crippen LogP contribution is 2.33. The minimum atomic E-state index is 0.289. The SMILES string of the molecule is [N-]=[N+]=NCc1ccc2c(c1)c1cc(CN=[N+]=[N-])ccc1n2CCCCCCn1c2ccc(CN=[N+]=[N-])cc2c2cc(CN=[N+]=[N-])ccc21. The number of rotatable bonds is 15. The topological polar surface area (TPSA) is 205 Å². The van der Waals surface area contributed by atoms with E-state index in [0.29, 0.717) is 0 Å². The van der Waals surface area contributed by atoms with Gasteiger partial charge in [0.25, 0.3) is 0 Å². The molecule has 0 N–H and O–H groups in total. The molecular formula is C34H32N14. The molecule has 0 bridgehead atoms. The monoisotopic (exact) mass is 636 g/mol. The molecule has 238 valence electrons. The summed E-state index contributed by atoms with van der Waals surface area (Å²) >= 11 is 0. The lowest BCUT2D eigenvalue weighted by atomic mass is 10.1. The summed E-state index contributed by atoms with van der Waals surface area (Å²) in [6.07, 6.45) is 4.15. The van der Waals surface area contributed by atoms with E-state index in [1.54, 1.807) is 0 Å². The predicted molar refractivity (Wildman–Crippen MR) is 189 cm³/mol. The van der Waals surface area contributed by atoms with Crippen LogP contribution in [0.15, 0.2) is 93.3 Å². The minimum absolute atomic E-state index is 0.289. The van der Waals surface area contributed by atoms with E-state index in [1.807, 2.05) is 24.3 Å². The Morgan fingerprint density at radius 2 is 0.667 bits per heavy atom. The smallest absolute Gasteiger partial charge is 0.0511 e. The molecular weight excluding hydrogens is 604 g/mol. The van der Waals surface area contributed by atoms with E-state index in [2.05, 4.69) is 97.8 Å². The second-order valence-electron chi connectivity index (χ2n) is 11.7. The van der Waals surface area contributed by atoms with Crippen LogP contribution in [-0.4, -0.2) is 9.13 Å². The molecule has 6 rings (SSSR count). The fraction of sp³-hybridized carbons (Fsp3) is 0.294. The summed E-state index contributed by atoms with van der Waals surface area (Å²) in [6.45, 7) is 2.88. The van der Waals surface area contributed by atoms with Crippen LogP contribution in [0, 0.1) is 0 Å². The Kier molecular flexibility index (Phi) is 9.82. The van der Waals surface area contributed by atoms with Gasteiger partial charge in [-0.15, -0.1) is 0 Å². The summed E-state index contributed by atoms with van der Waals surface area (Å²) < 4.78 is 4.71. The molecule has 0 saturated heterocycles. The van der Waals surface area contributed by atoms with Crippen LogP contribution in [0.1, 0.15) is 47.9 Å². The molecule has 4 aromatic carbocycles. The lowest BCUT2D eigenvalue weighted by Gasteiger charge is -2.10. The van der Waals surface area contributed by atoms with E-state index in [9.17, 15) is 0 Å². The minimum Gasteiger partial charge on any atom is -0.340 e. The van der Waals surface area contributed by atoms with Gasteiger partial charge in [0.1, 0.15) is 0 Å². The number of hydrogen-bond acceptors (Lipinski definition) is 4. The lowest BCUT2D eigenvalue weighted by molar-refractivity contribution is 0.559. The van der Waals surface area contributed by atoms with Gasteiger partial charge in [0, 0.05) is 76.3 Å². The summed E-state index contributed by atoms with van der Waals surface area (Å²) in [4.78, 5) is 11.6. The lowest BCUT2D eigenvalue weighted by Crippen LogP contribution is -2.00. The Morgan fingerprint density at radius 1 is 0.396 bits per heavy atom. The van der Waals surface area contributed by atoms with Gasteiger partial charge in [-0.25, -0.2) is 0 Å². The van der Waals surface area contributed by atoms with Crippen molar-refractivity contribution >= 4 is 43.6 Å². The van der Waals surface area contributed by atoms with Crippen LogP contribution >= 0.6 is 0 Å². The summed E-state index contributed by atoms with van der Waals surface area (Å²) in [7, 11) is 0. The maximum Gasteiger partial charge on any atom is 0.0511 e. The average Bonchev–Trinajstić information content (AvgIpc) is 3.59. The highest BCUT2D eigenvalue weighted by Gasteiger charge is 2.14. The zero-order chi connectivity index (χ0) is 33.3. The van der Waals surface area contributed by atoms with Crippen molar-refractivity contribution in [3.05, 3.63) is 137 Å². The first kappa shape index (κ1) is 31.7. The summed E-state index contributed by atoms with van der Waals surface area (Å²) in [6, 6.07) is 24.8. The number of nitrogens with zero attached hydrogens (tertiary/aromatic N) is 14. The van der Waals surface area contributed by atoms with Crippen molar-refractivity contribution in [3.63, 3.8) is 0 Å². The number of aromatic nitrogens is 2. The van der Waals surface area contributed by atoms with Crippen LogP contribution in [-0.2, 0) is 39.3 Å². The first-order valence-electron chi connectivity index (χ1n) is 15.8. The Hall–Kier alpha value is -6.28. The van der Waals surface area contributed by atoms with Crippen LogP contribution in [0.3, 0.4) is 0 Å². The third kappa shape index (κ3) is 6.64. The van der Waals surface area contributed by atoms with Crippen LogP contribution in [0.2, 0.25) is 0 Å². The van der Waals surface area contributed by atoms with Gasteiger partial charge in [-0.1, -0.05) is 57.6 Å². The maximum absolute atomic E-state index is 8.80. The average molecular weight is 637 g/mol. The van der Waals surface area contributed by atoms with E-state index in [4.69, 9.17) is 22.1 Å². The second kappa shape index (κ2) is 14.9. The second-order valence-corrected chi connectivity index (χ2v) is 11.7. The molecule has 48 heavy (non-hydrogen) atoms. The number of azide groups is 4. The molecule has 14 nitrogen and oxygen atoms in total. The normalized spacial score (nSPS) is 10.9. The first-order valence-corrected chi connectivity index (χ1v) is 15.8. The molecule has 14 heteroatoms. The van der Waals surface area contributed by atoms with Crippen molar-refractivity contribution in [1.29, 1.82) is 0 Å². The summed E-state index contributed by atoms with van der Waals surface area (Å²) in [5.41, 5.74) is 43.5. The largest absolute Gasteiger partial charge is 0.340 e. The van der Waals surface area contributed by atoms with Crippen LogP contribution in [0.4, 0.5) is 0 Å². The van der Waals surface area contributed by atoms with E-state index in [-0.39, 0.29) is 26.2 Å². The molecule has 0 amide bonds. The number of unbranched alkanes of at least 4 members (excludes halogenated alkanes) is 3. The van der Waals surface area contributed by atoms with Gasteiger partial charge in [-0.05, 0) is 106 Å². The van der Waals surface area contributed by atoms with Crippen LogP contribution < -0.4 is 0 Å². The van der Waals surface area contributed by atoms with Gasteiger partial charge in [0.2, 0.25) is 0 Å². The molecule has 6 aromatic rings. The first-order chi connectivity index (χ1) is 23.6. The van der Waals surface area contributed by atoms with Gasteiger partial charge in [-0.2, -0.15) is 0 Å². The third-order valence-electron chi connectivity index (χ3n) is 8.77. The van der Waals surface area contributed by atoms with Crippen LogP contribution in [0.5, 0.6) is 0 Å². The molecule has 0 radical (unpaired) electrons. The molecule has 0 aliphatic heterocycles. The predicted octanol–water partition coefficient (Wildman–Crippen LogP) is 11.4. The Labute approximate surface area is 274 Å². The molecule has 0 aliphatic carbocycles. The highest BCUT2D eigenvalue weighted by molar-refractivity contribution is 6.09. The van der Waals surface area contributed by atoms with E-state index in [1.165, 1.54) is 0 Å². The molecule has 0 unspecified atom stereocenters. The number of benzene rings is 4. The van der Waals surface area contributed by atoms with Gasteiger partial charge in [0.05, 0.1) is 26.2 Å². The molecule has 0 spiro atoms. The quantitative estimate of drug-likeness (QED) is 0.0446. The number of aryl methyl sites for hydroxylation is 2. The van der Waals surface area contributed by atoms with Crippen LogP contribution in [0.25, 0.3) is 85.4 Å².